The number of hydrogen-bond donors (Lipinski definition) is 4. The summed E-state index contributed by atoms with van der Waals surface area (Å²) in [6.07, 6.45) is 0. The smallest absolute Gasteiger partial charge is 0.316 e. The van der Waals surface area contributed by atoms with Gasteiger partial charge in [0.05, 0.1) is 4.92 Å². The van der Waals surface area contributed by atoms with E-state index in [1.165, 1.54) is 6.07 Å². The zero-order valence-corrected chi connectivity index (χ0v) is 10.4. The van der Waals surface area contributed by atoms with Gasteiger partial charge in [0, 0.05) is 18.6 Å². The lowest BCUT2D eigenvalue weighted by Gasteiger charge is -2.22. The molecule has 0 unspecified atom stereocenters. The number of para-hydroxylation sites is 1. The summed E-state index contributed by atoms with van der Waals surface area (Å²) in [4.78, 5) is 10.5. The van der Waals surface area contributed by atoms with Gasteiger partial charge in [0.15, 0.2) is 0 Å². The van der Waals surface area contributed by atoms with Gasteiger partial charge in [-0.3, -0.25) is 16.0 Å². The Morgan fingerprint density at radius 1 is 1.44 bits per heavy atom. The first-order valence-electron chi connectivity index (χ1n) is 5.50. The molecule has 0 aliphatic rings. The number of nitro groups is 1. The second kappa shape index (κ2) is 5.65. The van der Waals surface area contributed by atoms with E-state index in [1.807, 2.05) is 13.8 Å². The second-order valence-corrected chi connectivity index (χ2v) is 4.78. The third-order valence-electron chi connectivity index (χ3n) is 2.56. The van der Waals surface area contributed by atoms with Gasteiger partial charge in [-0.05, 0) is 12.1 Å². The number of nitrogens with zero attached hydrogens (tertiary/aromatic N) is 1. The van der Waals surface area contributed by atoms with Gasteiger partial charge in [-0.1, -0.05) is 19.9 Å². The van der Waals surface area contributed by atoms with Crippen LogP contribution < -0.4 is 16.6 Å². The van der Waals surface area contributed by atoms with Crippen molar-refractivity contribution in [3.8, 4) is 0 Å². The fourth-order valence-corrected chi connectivity index (χ4v) is 1.39. The van der Waals surface area contributed by atoms with E-state index < -0.39 is 4.92 Å². The minimum absolute atomic E-state index is 0.0113. The number of nitrogens with two attached hydrogens (primary N) is 1. The van der Waals surface area contributed by atoms with E-state index in [0.717, 1.165) is 0 Å². The van der Waals surface area contributed by atoms with Crippen molar-refractivity contribution in [3.05, 3.63) is 28.3 Å². The molecule has 0 heterocycles. The number of hydrogen-bond acceptors (Lipinski definition) is 6. The highest BCUT2D eigenvalue weighted by atomic mass is 16.6. The summed E-state index contributed by atoms with van der Waals surface area (Å²) in [5, 5.41) is 23.1. The van der Waals surface area contributed by atoms with Crippen LogP contribution in [0.1, 0.15) is 13.8 Å². The SMILES string of the molecule is CC(C)(CO)CNc1cccc(NN)c1[N+](=O)[O-]. The molecule has 1 rings (SSSR count). The van der Waals surface area contributed by atoms with E-state index >= 15 is 0 Å². The number of nitro benzene ring substituents is 1. The van der Waals surface area contributed by atoms with Crippen molar-refractivity contribution < 1.29 is 10.0 Å². The van der Waals surface area contributed by atoms with Crippen LogP contribution in [0.15, 0.2) is 18.2 Å². The molecule has 5 N–H and O–H groups in total. The first-order valence-corrected chi connectivity index (χ1v) is 5.50. The zero-order valence-electron chi connectivity index (χ0n) is 10.4. The Kier molecular flexibility index (Phi) is 4.46. The van der Waals surface area contributed by atoms with E-state index in [9.17, 15) is 10.1 Å². The molecule has 100 valence electrons. The number of rotatable bonds is 6. The predicted octanol–water partition coefficient (Wildman–Crippen LogP) is 1.31. The normalized spacial score (nSPS) is 11.1. The van der Waals surface area contributed by atoms with E-state index in [0.29, 0.717) is 12.2 Å². The van der Waals surface area contributed by atoms with Crippen molar-refractivity contribution >= 4 is 17.1 Å². The highest BCUT2D eigenvalue weighted by Crippen LogP contribution is 2.32. The van der Waals surface area contributed by atoms with Crippen molar-refractivity contribution in [2.24, 2.45) is 11.3 Å². The summed E-state index contributed by atoms with van der Waals surface area (Å²) in [7, 11) is 0. The van der Waals surface area contributed by atoms with Crippen LogP contribution in [0, 0.1) is 15.5 Å². The molecule has 0 aliphatic heterocycles. The second-order valence-electron chi connectivity index (χ2n) is 4.78. The van der Waals surface area contributed by atoms with E-state index in [2.05, 4.69) is 10.7 Å². The van der Waals surface area contributed by atoms with Crippen molar-refractivity contribution in [3.63, 3.8) is 0 Å². The Hall–Kier alpha value is -1.86. The van der Waals surface area contributed by atoms with Crippen molar-refractivity contribution in [2.45, 2.75) is 13.8 Å². The molecule has 0 atom stereocenters. The minimum atomic E-state index is -0.497. The fourth-order valence-electron chi connectivity index (χ4n) is 1.39. The molecule has 0 amide bonds. The number of hydrazine groups is 1. The van der Waals surface area contributed by atoms with Gasteiger partial charge in [-0.2, -0.15) is 0 Å². The maximum absolute atomic E-state index is 11.0. The molecule has 7 heteroatoms. The first kappa shape index (κ1) is 14.2. The molecule has 0 spiro atoms. The predicted molar refractivity (Wildman–Crippen MR) is 70.3 cm³/mol. The third-order valence-corrected chi connectivity index (χ3v) is 2.56. The summed E-state index contributed by atoms with van der Waals surface area (Å²) in [6.45, 7) is 4.12. The van der Waals surface area contributed by atoms with Crippen LogP contribution in [-0.2, 0) is 0 Å². The standard InChI is InChI=1S/C11H18N4O3/c1-11(2,7-16)6-13-8-4-3-5-9(14-12)10(8)15(17)18/h3-5,13-14,16H,6-7,12H2,1-2H3. The molecule has 0 fully saturated rings. The Morgan fingerprint density at radius 3 is 2.56 bits per heavy atom. The minimum Gasteiger partial charge on any atom is -0.396 e. The molecule has 0 saturated heterocycles. The van der Waals surface area contributed by atoms with Crippen molar-refractivity contribution in [2.75, 3.05) is 23.9 Å². The van der Waals surface area contributed by atoms with Crippen LogP contribution in [-0.4, -0.2) is 23.2 Å². The van der Waals surface area contributed by atoms with Gasteiger partial charge in [0.25, 0.3) is 0 Å². The molecule has 18 heavy (non-hydrogen) atoms. The lowest BCUT2D eigenvalue weighted by molar-refractivity contribution is -0.383. The van der Waals surface area contributed by atoms with Gasteiger partial charge < -0.3 is 15.8 Å². The molecular formula is C11H18N4O3. The molecule has 1 aromatic rings. The first-order chi connectivity index (χ1) is 8.41. The number of benzene rings is 1. The Labute approximate surface area is 105 Å². The van der Waals surface area contributed by atoms with Gasteiger partial charge in [-0.25, -0.2) is 0 Å². The monoisotopic (exact) mass is 254 g/mol. The zero-order chi connectivity index (χ0) is 13.8. The quantitative estimate of drug-likeness (QED) is 0.346. The number of aliphatic hydroxyl groups excluding tert-OH is 1. The molecule has 7 nitrogen and oxygen atoms in total. The highest BCUT2D eigenvalue weighted by molar-refractivity contribution is 5.75. The largest absolute Gasteiger partial charge is 0.396 e. The summed E-state index contributed by atoms with van der Waals surface area (Å²) in [5.41, 5.74) is 2.45. The van der Waals surface area contributed by atoms with Crippen LogP contribution in [0.5, 0.6) is 0 Å². The molecule has 0 aliphatic carbocycles. The lowest BCUT2D eigenvalue weighted by Crippen LogP contribution is -2.27. The maximum Gasteiger partial charge on any atom is 0.316 e. The summed E-state index contributed by atoms with van der Waals surface area (Å²) < 4.78 is 0. The van der Waals surface area contributed by atoms with Crippen molar-refractivity contribution in [1.29, 1.82) is 0 Å². The van der Waals surface area contributed by atoms with Gasteiger partial charge >= 0.3 is 5.69 Å². The van der Waals surface area contributed by atoms with Crippen LogP contribution in [0.2, 0.25) is 0 Å². The average molecular weight is 254 g/mol. The molecular weight excluding hydrogens is 236 g/mol. The Balaban J connectivity index is 2.99. The van der Waals surface area contributed by atoms with Crippen LogP contribution in [0.25, 0.3) is 0 Å². The Bertz CT molecular complexity index is 434. The average Bonchev–Trinajstić information content (AvgIpc) is 2.35. The van der Waals surface area contributed by atoms with E-state index in [1.54, 1.807) is 12.1 Å². The summed E-state index contributed by atoms with van der Waals surface area (Å²) in [6, 6.07) is 4.80. The van der Waals surface area contributed by atoms with Crippen LogP contribution >= 0.6 is 0 Å². The van der Waals surface area contributed by atoms with Crippen LogP contribution in [0.4, 0.5) is 17.1 Å². The number of nitrogens with one attached hydrogen (secondary N) is 2. The van der Waals surface area contributed by atoms with E-state index in [-0.39, 0.29) is 23.4 Å². The Morgan fingerprint density at radius 2 is 2.06 bits per heavy atom. The van der Waals surface area contributed by atoms with Crippen molar-refractivity contribution in [1.82, 2.24) is 0 Å². The molecule has 0 aromatic heterocycles. The summed E-state index contributed by atoms with van der Waals surface area (Å²) >= 11 is 0. The third kappa shape index (κ3) is 3.31. The molecule has 0 saturated carbocycles. The fraction of sp³-hybridized carbons (Fsp3) is 0.455. The highest BCUT2D eigenvalue weighted by Gasteiger charge is 2.22. The number of anilines is 2. The molecule has 1 aromatic carbocycles. The maximum atomic E-state index is 11.0. The number of aliphatic hydroxyl groups is 1. The van der Waals surface area contributed by atoms with Crippen LogP contribution in [0.3, 0.4) is 0 Å². The van der Waals surface area contributed by atoms with Gasteiger partial charge in [0.2, 0.25) is 0 Å². The van der Waals surface area contributed by atoms with E-state index in [4.69, 9.17) is 10.9 Å². The topological polar surface area (TPSA) is 113 Å². The molecule has 0 radical (unpaired) electrons. The number of nitrogen functional groups attached to an aromatic ring is 1. The van der Waals surface area contributed by atoms with Gasteiger partial charge in [-0.15, -0.1) is 0 Å². The summed E-state index contributed by atoms with van der Waals surface area (Å²) in [5.74, 6) is 5.24. The lowest BCUT2D eigenvalue weighted by atomic mass is 9.95. The van der Waals surface area contributed by atoms with Gasteiger partial charge in [0.1, 0.15) is 11.4 Å². The molecule has 0 bridgehead atoms.